The second kappa shape index (κ2) is 4.72. The van der Waals surface area contributed by atoms with Gasteiger partial charge in [-0.05, 0) is 20.9 Å². The van der Waals surface area contributed by atoms with Gasteiger partial charge in [0.05, 0.1) is 19.1 Å². The van der Waals surface area contributed by atoms with Crippen LogP contribution >= 0.6 is 0 Å². The fraction of sp³-hybridized carbons (Fsp3) is 0.818. The van der Waals surface area contributed by atoms with Gasteiger partial charge in [0.25, 0.3) is 0 Å². The number of aromatic nitrogens is 2. The van der Waals surface area contributed by atoms with Gasteiger partial charge in [-0.2, -0.15) is 4.98 Å². The number of nitrogens with one attached hydrogen (secondary N) is 1. The molecule has 0 saturated carbocycles. The van der Waals surface area contributed by atoms with E-state index >= 15 is 0 Å². The molecule has 0 radical (unpaired) electrons. The summed E-state index contributed by atoms with van der Waals surface area (Å²) in [6, 6.07) is 0.231. The summed E-state index contributed by atoms with van der Waals surface area (Å²) in [4.78, 5) is 4.41. The maximum Gasteiger partial charge on any atom is 0.233 e. The summed E-state index contributed by atoms with van der Waals surface area (Å²) in [7, 11) is 3.54. The Bertz CT molecular complexity index is 378. The standard InChI is InChI=1S/C11H19N3O3/c1-11(2,15-4)10-13-9(17-14-10)7-5-16-6-8(7)12-3/h7-8,12H,5-6H2,1-4H3. The van der Waals surface area contributed by atoms with Gasteiger partial charge in [-0.25, -0.2) is 0 Å². The second-order valence-electron chi connectivity index (χ2n) is 4.71. The summed E-state index contributed by atoms with van der Waals surface area (Å²) in [6.45, 7) is 5.10. The maximum atomic E-state index is 5.41. The predicted octanol–water partition coefficient (Wildman–Crippen LogP) is 0.653. The second-order valence-corrected chi connectivity index (χ2v) is 4.71. The molecule has 0 aliphatic carbocycles. The fourth-order valence-corrected chi connectivity index (χ4v) is 1.80. The van der Waals surface area contributed by atoms with Crippen LogP contribution < -0.4 is 5.32 Å². The molecule has 1 aliphatic heterocycles. The van der Waals surface area contributed by atoms with Crippen molar-refractivity contribution in [3.63, 3.8) is 0 Å². The summed E-state index contributed by atoms with van der Waals surface area (Å²) in [5.74, 6) is 1.30. The Morgan fingerprint density at radius 1 is 1.41 bits per heavy atom. The Labute approximate surface area is 101 Å². The first-order valence-corrected chi connectivity index (χ1v) is 5.72. The zero-order valence-electron chi connectivity index (χ0n) is 10.7. The summed E-state index contributed by atoms with van der Waals surface area (Å²) in [6.07, 6.45) is 0. The molecule has 17 heavy (non-hydrogen) atoms. The van der Waals surface area contributed by atoms with Crippen LogP contribution in [0.2, 0.25) is 0 Å². The molecule has 0 spiro atoms. The molecule has 2 heterocycles. The van der Waals surface area contributed by atoms with Crippen molar-refractivity contribution in [3.8, 4) is 0 Å². The average molecular weight is 241 g/mol. The summed E-state index contributed by atoms with van der Waals surface area (Å²) < 4.78 is 16.0. The first-order chi connectivity index (χ1) is 8.08. The molecule has 96 valence electrons. The monoisotopic (exact) mass is 241 g/mol. The molecule has 1 aromatic rings. The van der Waals surface area contributed by atoms with Crippen molar-refractivity contribution in [1.82, 2.24) is 15.5 Å². The summed E-state index contributed by atoms with van der Waals surface area (Å²) >= 11 is 0. The first kappa shape index (κ1) is 12.5. The van der Waals surface area contributed by atoms with Gasteiger partial charge in [-0.3, -0.25) is 0 Å². The minimum atomic E-state index is -0.531. The van der Waals surface area contributed by atoms with Gasteiger partial charge in [-0.1, -0.05) is 5.16 Å². The fourth-order valence-electron chi connectivity index (χ4n) is 1.80. The van der Waals surface area contributed by atoms with E-state index in [1.54, 1.807) is 7.11 Å². The summed E-state index contributed by atoms with van der Waals surface area (Å²) in [5, 5.41) is 7.17. The Kier molecular flexibility index (Phi) is 3.46. The van der Waals surface area contributed by atoms with E-state index in [-0.39, 0.29) is 12.0 Å². The van der Waals surface area contributed by atoms with E-state index < -0.39 is 5.60 Å². The molecule has 6 nitrogen and oxygen atoms in total. The number of likely N-dealkylation sites (N-methyl/N-ethyl adjacent to an activating group) is 1. The molecule has 1 saturated heterocycles. The van der Waals surface area contributed by atoms with E-state index in [0.717, 1.165) is 0 Å². The van der Waals surface area contributed by atoms with Crippen LogP contribution in [0.4, 0.5) is 0 Å². The number of hydrogen-bond donors (Lipinski definition) is 1. The largest absolute Gasteiger partial charge is 0.379 e. The molecule has 0 amide bonds. The van der Waals surface area contributed by atoms with E-state index in [0.29, 0.717) is 24.9 Å². The molecule has 1 fully saturated rings. The molecular weight excluding hydrogens is 222 g/mol. The average Bonchev–Trinajstić information content (AvgIpc) is 2.96. The van der Waals surface area contributed by atoms with Crippen molar-refractivity contribution >= 4 is 0 Å². The van der Waals surface area contributed by atoms with Crippen LogP contribution in [0, 0.1) is 0 Å². The molecule has 1 N–H and O–H groups in total. The van der Waals surface area contributed by atoms with E-state index in [4.69, 9.17) is 14.0 Å². The third kappa shape index (κ3) is 2.34. The van der Waals surface area contributed by atoms with Crippen LogP contribution in [0.3, 0.4) is 0 Å². The highest BCUT2D eigenvalue weighted by molar-refractivity contribution is 5.05. The van der Waals surface area contributed by atoms with Crippen molar-refractivity contribution < 1.29 is 14.0 Å². The van der Waals surface area contributed by atoms with E-state index in [1.807, 2.05) is 20.9 Å². The molecule has 2 rings (SSSR count). The van der Waals surface area contributed by atoms with Gasteiger partial charge in [0.1, 0.15) is 5.60 Å². The van der Waals surface area contributed by atoms with Crippen molar-refractivity contribution in [2.24, 2.45) is 0 Å². The lowest BCUT2D eigenvalue weighted by Gasteiger charge is -2.17. The predicted molar refractivity (Wildman–Crippen MR) is 60.7 cm³/mol. The number of methoxy groups -OCH3 is 1. The maximum absolute atomic E-state index is 5.41. The molecule has 1 aliphatic rings. The Hall–Kier alpha value is -0.980. The van der Waals surface area contributed by atoms with E-state index in [2.05, 4.69) is 15.5 Å². The van der Waals surface area contributed by atoms with Crippen molar-refractivity contribution in [1.29, 1.82) is 0 Å². The van der Waals surface area contributed by atoms with Crippen LogP contribution in [0.15, 0.2) is 4.52 Å². The SMILES string of the molecule is CNC1COCC1c1nc(C(C)(C)OC)no1. The van der Waals surface area contributed by atoms with E-state index in [9.17, 15) is 0 Å². The number of hydrogen-bond acceptors (Lipinski definition) is 6. The molecular formula is C11H19N3O3. The smallest absolute Gasteiger partial charge is 0.233 e. The molecule has 2 unspecified atom stereocenters. The van der Waals surface area contributed by atoms with Gasteiger partial charge >= 0.3 is 0 Å². The number of ether oxygens (including phenoxy) is 2. The van der Waals surface area contributed by atoms with Crippen LogP contribution in [0.5, 0.6) is 0 Å². The normalized spacial score (nSPS) is 25.4. The highest BCUT2D eigenvalue weighted by Gasteiger charge is 2.35. The minimum Gasteiger partial charge on any atom is -0.379 e. The molecule has 0 aromatic carbocycles. The van der Waals surface area contributed by atoms with Gasteiger partial charge < -0.3 is 19.3 Å². The quantitative estimate of drug-likeness (QED) is 0.834. The Morgan fingerprint density at radius 2 is 2.18 bits per heavy atom. The molecule has 1 aromatic heterocycles. The Balaban J connectivity index is 2.18. The highest BCUT2D eigenvalue weighted by atomic mass is 16.5. The van der Waals surface area contributed by atoms with Crippen molar-refractivity contribution in [3.05, 3.63) is 11.7 Å². The van der Waals surface area contributed by atoms with E-state index in [1.165, 1.54) is 0 Å². The lowest BCUT2D eigenvalue weighted by atomic mass is 10.0. The number of nitrogens with zero attached hydrogens (tertiary/aromatic N) is 2. The topological polar surface area (TPSA) is 69.4 Å². The van der Waals surface area contributed by atoms with Crippen LogP contribution in [0.1, 0.15) is 31.5 Å². The zero-order chi connectivity index (χ0) is 12.5. The van der Waals surface area contributed by atoms with Crippen molar-refractivity contribution in [2.45, 2.75) is 31.4 Å². The lowest BCUT2D eigenvalue weighted by molar-refractivity contribution is 0.00973. The zero-order valence-corrected chi connectivity index (χ0v) is 10.7. The van der Waals surface area contributed by atoms with Crippen LogP contribution in [-0.4, -0.2) is 43.6 Å². The molecule has 0 bridgehead atoms. The van der Waals surface area contributed by atoms with Crippen LogP contribution in [0.25, 0.3) is 0 Å². The number of rotatable bonds is 4. The molecule has 2 atom stereocenters. The van der Waals surface area contributed by atoms with Crippen molar-refractivity contribution in [2.75, 3.05) is 27.4 Å². The van der Waals surface area contributed by atoms with Crippen LogP contribution in [-0.2, 0) is 15.1 Å². The third-order valence-corrected chi connectivity index (χ3v) is 3.26. The minimum absolute atomic E-state index is 0.119. The lowest BCUT2D eigenvalue weighted by Crippen LogP contribution is -2.31. The van der Waals surface area contributed by atoms with Gasteiger partial charge in [0.15, 0.2) is 0 Å². The Morgan fingerprint density at radius 3 is 2.82 bits per heavy atom. The first-order valence-electron chi connectivity index (χ1n) is 5.72. The van der Waals surface area contributed by atoms with Gasteiger partial charge in [-0.15, -0.1) is 0 Å². The van der Waals surface area contributed by atoms with Gasteiger partial charge in [0.2, 0.25) is 11.7 Å². The molecule has 6 heteroatoms. The van der Waals surface area contributed by atoms with Gasteiger partial charge in [0, 0.05) is 13.2 Å². The highest BCUT2D eigenvalue weighted by Crippen LogP contribution is 2.27. The summed E-state index contributed by atoms with van der Waals surface area (Å²) in [5.41, 5.74) is -0.531. The third-order valence-electron chi connectivity index (χ3n) is 3.26.